The summed E-state index contributed by atoms with van der Waals surface area (Å²) in [6.07, 6.45) is 1.86. The minimum atomic E-state index is 0.0570. The van der Waals surface area contributed by atoms with Crippen molar-refractivity contribution in [2.24, 2.45) is 17.6 Å². The van der Waals surface area contributed by atoms with Crippen LogP contribution in [0.3, 0.4) is 0 Å². The predicted octanol–water partition coefficient (Wildman–Crippen LogP) is 2.06. The minimum absolute atomic E-state index is 0.0570. The summed E-state index contributed by atoms with van der Waals surface area (Å²) in [5.41, 5.74) is 7.47. The third kappa shape index (κ3) is 4.32. The van der Waals surface area contributed by atoms with Crippen LogP contribution in [0.15, 0.2) is 24.3 Å². The molecule has 1 aliphatic rings. The number of nitrogens with zero attached hydrogens (tertiary/aromatic N) is 1. The fourth-order valence-electron chi connectivity index (χ4n) is 2.47. The van der Waals surface area contributed by atoms with Gasteiger partial charge in [0.2, 0.25) is 5.91 Å². The smallest absolute Gasteiger partial charge is 0.225 e. The number of hydrogen-bond acceptors (Lipinski definition) is 3. The molecular formula is C16H25N3O. The molecule has 1 aromatic rings. The van der Waals surface area contributed by atoms with Gasteiger partial charge in [0, 0.05) is 31.7 Å². The average Bonchev–Trinajstić information content (AvgIpc) is 3.12. The molecule has 0 heterocycles. The summed E-state index contributed by atoms with van der Waals surface area (Å²) in [6, 6.07) is 7.68. The molecule has 3 N–H and O–H groups in total. The van der Waals surface area contributed by atoms with Crippen LogP contribution in [-0.4, -0.2) is 30.9 Å². The van der Waals surface area contributed by atoms with E-state index in [9.17, 15) is 4.79 Å². The van der Waals surface area contributed by atoms with Crippen molar-refractivity contribution in [3.8, 4) is 0 Å². The molecular weight excluding hydrogens is 250 g/mol. The van der Waals surface area contributed by atoms with Crippen molar-refractivity contribution in [1.82, 2.24) is 4.90 Å². The van der Waals surface area contributed by atoms with E-state index >= 15 is 0 Å². The molecule has 1 amide bonds. The van der Waals surface area contributed by atoms with Crippen molar-refractivity contribution < 1.29 is 4.79 Å². The second-order valence-electron chi connectivity index (χ2n) is 5.89. The monoisotopic (exact) mass is 275 g/mol. The highest BCUT2D eigenvalue weighted by Crippen LogP contribution is 2.37. The van der Waals surface area contributed by atoms with Gasteiger partial charge in [-0.1, -0.05) is 25.1 Å². The van der Waals surface area contributed by atoms with E-state index in [2.05, 4.69) is 24.2 Å². The Hall–Kier alpha value is -1.39. The van der Waals surface area contributed by atoms with Gasteiger partial charge in [0.15, 0.2) is 0 Å². The fraction of sp³-hybridized carbons (Fsp3) is 0.562. The van der Waals surface area contributed by atoms with Crippen LogP contribution in [0.4, 0.5) is 5.69 Å². The highest BCUT2D eigenvalue weighted by Gasteiger charge is 2.32. The minimum Gasteiger partial charge on any atom is -0.326 e. The molecule has 110 valence electrons. The number of hydrogen-bond donors (Lipinski definition) is 2. The van der Waals surface area contributed by atoms with Gasteiger partial charge >= 0.3 is 0 Å². The fourth-order valence-corrected chi connectivity index (χ4v) is 2.47. The van der Waals surface area contributed by atoms with E-state index in [4.69, 9.17) is 5.73 Å². The third-order valence-electron chi connectivity index (χ3n) is 4.05. The summed E-state index contributed by atoms with van der Waals surface area (Å²) < 4.78 is 0. The summed E-state index contributed by atoms with van der Waals surface area (Å²) in [4.78, 5) is 14.2. The van der Waals surface area contributed by atoms with E-state index < -0.39 is 0 Å². The van der Waals surface area contributed by atoms with E-state index in [1.807, 2.05) is 24.3 Å². The lowest BCUT2D eigenvalue weighted by Gasteiger charge is -2.16. The highest BCUT2D eigenvalue weighted by molar-refractivity contribution is 5.91. The van der Waals surface area contributed by atoms with E-state index in [0.717, 1.165) is 36.2 Å². The molecule has 4 nitrogen and oxygen atoms in total. The standard InChI is InChI=1S/C16H25N3O/c1-12-9-14(12)11-19(2)8-7-16(20)18-15-6-4-3-5-13(15)10-17/h3-6,12,14H,7-11,17H2,1-2H3,(H,18,20). The van der Waals surface area contributed by atoms with Gasteiger partial charge in [0.1, 0.15) is 0 Å². The van der Waals surface area contributed by atoms with E-state index in [1.54, 1.807) is 0 Å². The number of rotatable bonds is 7. The summed E-state index contributed by atoms with van der Waals surface area (Å²) in [5, 5.41) is 2.95. The van der Waals surface area contributed by atoms with E-state index in [1.165, 1.54) is 6.42 Å². The molecule has 2 rings (SSSR count). The van der Waals surface area contributed by atoms with Crippen LogP contribution >= 0.6 is 0 Å². The molecule has 0 aliphatic heterocycles. The molecule has 0 radical (unpaired) electrons. The third-order valence-corrected chi connectivity index (χ3v) is 4.05. The Balaban J connectivity index is 1.74. The van der Waals surface area contributed by atoms with E-state index in [0.29, 0.717) is 13.0 Å². The molecule has 0 saturated heterocycles. The SMILES string of the molecule is CC1CC1CN(C)CCC(=O)Nc1ccccc1CN. The summed E-state index contributed by atoms with van der Waals surface area (Å²) in [7, 11) is 2.09. The van der Waals surface area contributed by atoms with Crippen LogP contribution in [-0.2, 0) is 11.3 Å². The number of anilines is 1. The Bertz CT molecular complexity index is 461. The first-order chi connectivity index (χ1) is 9.60. The highest BCUT2D eigenvalue weighted by atomic mass is 16.1. The van der Waals surface area contributed by atoms with Gasteiger partial charge in [0.25, 0.3) is 0 Å². The Labute approximate surface area is 121 Å². The zero-order valence-corrected chi connectivity index (χ0v) is 12.4. The normalized spacial score (nSPS) is 21.0. The van der Waals surface area contributed by atoms with Crippen LogP contribution in [0.2, 0.25) is 0 Å². The lowest BCUT2D eigenvalue weighted by molar-refractivity contribution is -0.116. The number of carbonyl (C=O) groups excluding carboxylic acids is 1. The second-order valence-corrected chi connectivity index (χ2v) is 5.89. The molecule has 1 aliphatic carbocycles. The van der Waals surface area contributed by atoms with Gasteiger partial charge < -0.3 is 16.0 Å². The van der Waals surface area contributed by atoms with Crippen LogP contribution in [0.5, 0.6) is 0 Å². The number of amides is 1. The van der Waals surface area contributed by atoms with Crippen molar-refractivity contribution in [2.45, 2.75) is 26.3 Å². The Morgan fingerprint density at radius 3 is 2.80 bits per heavy atom. The first-order valence-electron chi connectivity index (χ1n) is 7.36. The van der Waals surface area contributed by atoms with Crippen LogP contribution in [0.1, 0.15) is 25.3 Å². The second kappa shape index (κ2) is 6.86. The number of para-hydroxylation sites is 1. The number of nitrogens with one attached hydrogen (secondary N) is 1. The molecule has 2 unspecified atom stereocenters. The summed E-state index contributed by atoms with van der Waals surface area (Å²) >= 11 is 0. The maximum absolute atomic E-state index is 12.0. The summed E-state index contributed by atoms with van der Waals surface area (Å²) in [6.45, 7) is 4.64. The quantitative estimate of drug-likeness (QED) is 0.801. The Morgan fingerprint density at radius 2 is 2.15 bits per heavy atom. The zero-order valence-electron chi connectivity index (χ0n) is 12.4. The van der Waals surface area contributed by atoms with Crippen molar-refractivity contribution in [3.63, 3.8) is 0 Å². The average molecular weight is 275 g/mol. The van der Waals surface area contributed by atoms with Crippen LogP contribution < -0.4 is 11.1 Å². The van der Waals surface area contributed by atoms with Gasteiger partial charge in [-0.15, -0.1) is 0 Å². The lowest BCUT2D eigenvalue weighted by atomic mass is 10.1. The summed E-state index contributed by atoms with van der Waals surface area (Å²) in [5.74, 6) is 1.75. The number of nitrogens with two attached hydrogens (primary N) is 1. The van der Waals surface area contributed by atoms with Gasteiger partial charge in [-0.05, 0) is 36.9 Å². The number of carbonyl (C=O) groups is 1. The topological polar surface area (TPSA) is 58.4 Å². The molecule has 0 aromatic heterocycles. The van der Waals surface area contributed by atoms with Crippen molar-refractivity contribution in [1.29, 1.82) is 0 Å². The van der Waals surface area contributed by atoms with Gasteiger partial charge in [-0.25, -0.2) is 0 Å². The number of benzene rings is 1. The van der Waals surface area contributed by atoms with Crippen molar-refractivity contribution in [3.05, 3.63) is 29.8 Å². The van der Waals surface area contributed by atoms with E-state index in [-0.39, 0.29) is 5.91 Å². The maximum atomic E-state index is 12.0. The van der Waals surface area contributed by atoms with Crippen LogP contribution in [0, 0.1) is 11.8 Å². The van der Waals surface area contributed by atoms with Gasteiger partial charge in [-0.2, -0.15) is 0 Å². The first kappa shape index (κ1) is 15.0. The molecule has 0 spiro atoms. The molecule has 1 saturated carbocycles. The molecule has 0 bridgehead atoms. The molecule has 2 atom stereocenters. The van der Waals surface area contributed by atoms with Gasteiger partial charge in [0.05, 0.1) is 0 Å². The van der Waals surface area contributed by atoms with Gasteiger partial charge in [-0.3, -0.25) is 4.79 Å². The maximum Gasteiger partial charge on any atom is 0.225 e. The van der Waals surface area contributed by atoms with Crippen molar-refractivity contribution >= 4 is 11.6 Å². The molecule has 4 heteroatoms. The van der Waals surface area contributed by atoms with Crippen LogP contribution in [0.25, 0.3) is 0 Å². The first-order valence-corrected chi connectivity index (χ1v) is 7.36. The lowest BCUT2D eigenvalue weighted by Crippen LogP contribution is -2.26. The molecule has 20 heavy (non-hydrogen) atoms. The molecule has 1 fully saturated rings. The predicted molar refractivity (Wildman–Crippen MR) is 82.3 cm³/mol. The Morgan fingerprint density at radius 1 is 1.45 bits per heavy atom. The molecule has 1 aromatic carbocycles. The largest absolute Gasteiger partial charge is 0.326 e. The zero-order chi connectivity index (χ0) is 14.5. The van der Waals surface area contributed by atoms with Crippen molar-refractivity contribution in [2.75, 3.05) is 25.5 Å². The Kier molecular flexibility index (Phi) is 5.15.